The van der Waals surface area contributed by atoms with Gasteiger partial charge in [0.05, 0.1) is 0 Å². The minimum atomic E-state index is 0.137. The Bertz CT molecular complexity index is 832. The Morgan fingerprint density at radius 3 is 1.96 bits per heavy atom. The molecule has 28 heavy (non-hydrogen) atoms. The summed E-state index contributed by atoms with van der Waals surface area (Å²) in [5.74, 6) is 2.45. The average Bonchev–Trinajstić information content (AvgIpc) is 2.71. The molecule has 0 fully saturated rings. The van der Waals surface area contributed by atoms with E-state index in [4.69, 9.17) is 19.9 Å². The quantitative estimate of drug-likeness (QED) is 0.524. The molecule has 2 N–H and O–H groups in total. The van der Waals surface area contributed by atoms with E-state index in [0.29, 0.717) is 19.8 Å². The number of nitrogens with two attached hydrogens (primary N) is 1. The van der Waals surface area contributed by atoms with Crippen LogP contribution in [0.25, 0.3) is 0 Å². The van der Waals surface area contributed by atoms with Crippen molar-refractivity contribution in [1.29, 1.82) is 0 Å². The van der Waals surface area contributed by atoms with Gasteiger partial charge in [0.25, 0.3) is 0 Å². The Labute approximate surface area is 166 Å². The Hall–Kier alpha value is -2.98. The molecular weight excluding hydrogens is 350 g/mol. The van der Waals surface area contributed by atoms with Gasteiger partial charge in [0.2, 0.25) is 0 Å². The molecule has 1 atom stereocenters. The molecule has 0 amide bonds. The zero-order valence-electron chi connectivity index (χ0n) is 16.2. The van der Waals surface area contributed by atoms with E-state index in [2.05, 4.69) is 6.07 Å². The summed E-state index contributed by atoms with van der Waals surface area (Å²) in [5, 5.41) is 0. The summed E-state index contributed by atoms with van der Waals surface area (Å²) in [6.07, 6.45) is 0.840. The predicted molar refractivity (Wildman–Crippen MR) is 112 cm³/mol. The molecule has 0 aromatic heterocycles. The molecule has 0 aliphatic heterocycles. The van der Waals surface area contributed by atoms with Crippen LogP contribution in [-0.4, -0.2) is 19.3 Å². The normalized spacial score (nSPS) is 11.6. The Balaban J connectivity index is 1.39. The monoisotopic (exact) mass is 377 g/mol. The largest absolute Gasteiger partial charge is 0.490 e. The second kappa shape index (κ2) is 10.4. The van der Waals surface area contributed by atoms with Gasteiger partial charge in [-0.2, -0.15) is 0 Å². The minimum Gasteiger partial charge on any atom is -0.490 e. The molecule has 0 aliphatic rings. The lowest BCUT2D eigenvalue weighted by Crippen LogP contribution is -2.17. The van der Waals surface area contributed by atoms with Gasteiger partial charge in [-0.1, -0.05) is 42.5 Å². The van der Waals surface area contributed by atoms with Crippen molar-refractivity contribution in [2.75, 3.05) is 13.2 Å². The molecule has 3 rings (SSSR count). The van der Waals surface area contributed by atoms with E-state index >= 15 is 0 Å². The molecule has 0 radical (unpaired) electrons. The smallest absolute Gasteiger partial charge is 0.122 e. The van der Waals surface area contributed by atoms with E-state index in [9.17, 15) is 0 Å². The Kier molecular flexibility index (Phi) is 7.33. The Morgan fingerprint density at radius 1 is 0.679 bits per heavy atom. The van der Waals surface area contributed by atoms with E-state index in [1.54, 1.807) is 0 Å². The third-order valence-electron chi connectivity index (χ3n) is 4.15. The lowest BCUT2D eigenvalue weighted by Gasteiger charge is -2.11. The van der Waals surface area contributed by atoms with Crippen molar-refractivity contribution in [1.82, 2.24) is 0 Å². The highest BCUT2D eigenvalue weighted by Crippen LogP contribution is 2.19. The van der Waals surface area contributed by atoms with Gasteiger partial charge in [-0.3, -0.25) is 0 Å². The van der Waals surface area contributed by atoms with E-state index in [1.807, 2.05) is 79.7 Å². The maximum absolute atomic E-state index is 5.85. The first-order valence-corrected chi connectivity index (χ1v) is 9.56. The summed E-state index contributed by atoms with van der Waals surface area (Å²) < 4.78 is 17.3. The lowest BCUT2D eigenvalue weighted by molar-refractivity contribution is 0.216. The van der Waals surface area contributed by atoms with Gasteiger partial charge in [-0.25, -0.2) is 0 Å². The van der Waals surface area contributed by atoms with Gasteiger partial charge in [0.1, 0.15) is 37.1 Å². The average molecular weight is 377 g/mol. The maximum atomic E-state index is 5.85. The summed E-state index contributed by atoms with van der Waals surface area (Å²) in [7, 11) is 0. The maximum Gasteiger partial charge on any atom is 0.122 e. The van der Waals surface area contributed by atoms with Crippen molar-refractivity contribution < 1.29 is 14.2 Å². The van der Waals surface area contributed by atoms with Crippen LogP contribution in [0, 0.1) is 0 Å². The fourth-order valence-electron chi connectivity index (χ4n) is 2.83. The molecule has 0 spiro atoms. The summed E-state index contributed by atoms with van der Waals surface area (Å²) in [5.41, 5.74) is 8.17. The van der Waals surface area contributed by atoms with Crippen LogP contribution in [-0.2, 0) is 13.0 Å². The molecule has 146 valence electrons. The molecule has 0 aliphatic carbocycles. The number of rotatable bonds is 10. The van der Waals surface area contributed by atoms with E-state index in [-0.39, 0.29) is 6.04 Å². The first-order valence-electron chi connectivity index (χ1n) is 9.56. The molecular formula is C24H27NO3. The molecule has 4 nitrogen and oxygen atoms in total. The third-order valence-corrected chi connectivity index (χ3v) is 4.15. The zero-order chi connectivity index (χ0) is 19.6. The topological polar surface area (TPSA) is 53.7 Å². The molecule has 3 aromatic rings. The number of hydrogen-bond donors (Lipinski definition) is 1. The van der Waals surface area contributed by atoms with Crippen molar-refractivity contribution >= 4 is 0 Å². The van der Waals surface area contributed by atoms with Crippen LogP contribution in [0.1, 0.15) is 18.1 Å². The number of ether oxygens (including phenoxy) is 3. The molecule has 0 saturated heterocycles. The number of hydrogen-bond acceptors (Lipinski definition) is 4. The number of benzene rings is 3. The summed E-state index contributed by atoms with van der Waals surface area (Å²) >= 11 is 0. The minimum absolute atomic E-state index is 0.137. The van der Waals surface area contributed by atoms with Gasteiger partial charge in [0, 0.05) is 6.04 Å². The van der Waals surface area contributed by atoms with E-state index in [1.165, 1.54) is 5.56 Å². The standard InChI is InChI=1S/C24H27NO3/c1-19(25)16-21-8-5-9-24(17-21)27-15-14-26-22-10-12-23(13-11-22)28-18-20-6-3-2-4-7-20/h2-13,17,19H,14-16,18,25H2,1H3. The van der Waals surface area contributed by atoms with E-state index < -0.39 is 0 Å². The molecule has 0 heterocycles. The summed E-state index contributed by atoms with van der Waals surface area (Å²) in [4.78, 5) is 0. The predicted octanol–water partition coefficient (Wildman–Crippen LogP) is 4.61. The van der Waals surface area contributed by atoms with Crippen molar-refractivity contribution in [3.8, 4) is 17.2 Å². The van der Waals surface area contributed by atoms with Crippen LogP contribution in [0.5, 0.6) is 17.2 Å². The van der Waals surface area contributed by atoms with Gasteiger partial charge in [0.15, 0.2) is 0 Å². The third kappa shape index (κ3) is 6.63. The first-order chi connectivity index (χ1) is 13.7. The molecule has 1 unspecified atom stereocenters. The van der Waals surface area contributed by atoms with Crippen molar-refractivity contribution in [3.63, 3.8) is 0 Å². The van der Waals surface area contributed by atoms with Gasteiger partial charge < -0.3 is 19.9 Å². The first kappa shape index (κ1) is 19.8. The van der Waals surface area contributed by atoms with Gasteiger partial charge in [-0.05, 0) is 60.9 Å². The highest BCUT2D eigenvalue weighted by Gasteiger charge is 2.01. The second-order valence-electron chi connectivity index (χ2n) is 6.77. The van der Waals surface area contributed by atoms with Crippen molar-refractivity contribution in [3.05, 3.63) is 90.0 Å². The summed E-state index contributed by atoms with van der Waals surface area (Å²) in [6.45, 7) is 3.51. The second-order valence-corrected chi connectivity index (χ2v) is 6.77. The van der Waals surface area contributed by atoms with Crippen LogP contribution in [0.15, 0.2) is 78.9 Å². The van der Waals surface area contributed by atoms with Crippen molar-refractivity contribution in [2.45, 2.75) is 26.0 Å². The molecule has 0 saturated carbocycles. The Morgan fingerprint density at radius 2 is 1.29 bits per heavy atom. The van der Waals surface area contributed by atoms with E-state index in [0.717, 1.165) is 29.2 Å². The lowest BCUT2D eigenvalue weighted by atomic mass is 10.1. The fraction of sp³-hybridized carbons (Fsp3) is 0.250. The molecule has 0 bridgehead atoms. The fourth-order valence-corrected chi connectivity index (χ4v) is 2.83. The SMILES string of the molecule is CC(N)Cc1cccc(OCCOc2ccc(OCc3ccccc3)cc2)c1. The highest BCUT2D eigenvalue weighted by molar-refractivity contribution is 5.32. The zero-order valence-corrected chi connectivity index (χ0v) is 16.2. The van der Waals surface area contributed by atoms with Crippen LogP contribution in [0.3, 0.4) is 0 Å². The van der Waals surface area contributed by atoms with Crippen LogP contribution in [0.4, 0.5) is 0 Å². The van der Waals surface area contributed by atoms with Crippen LogP contribution < -0.4 is 19.9 Å². The highest BCUT2D eigenvalue weighted by atomic mass is 16.5. The van der Waals surface area contributed by atoms with Gasteiger partial charge >= 0.3 is 0 Å². The molecule has 4 heteroatoms. The van der Waals surface area contributed by atoms with Crippen molar-refractivity contribution in [2.24, 2.45) is 5.73 Å². The van der Waals surface area contributed by atoms with Crippen LogP contribution >= 0.6 is 0 Å². The van der Waals surface area contributed by atoms with Crippen LogP contribution in [0.2, 0.25) is 0 Å². The summed E-state index contributed by atoms with van der Waals surface area (Å²) in [6, 6.07) is 25.9. The van der Waals surface area contributed by atoms with Gasteiger partial charge in [-0.15, -0.1) is 0 Å². The molecule has 3 aromatic carbocycles.